The molecule has 180 valence electrons. The van der Waals surface area contributed by atoms with E-state index in [0.29, 0.717) is 28.2 Å². The van der Waals surface area contributed by atoms with Gasteiger partial charge in [-0.05, 0) is 72.8 Å². The molecule has 36 heavy (non-hydrogen) atoms. The van der Waals surface area contributed by atoms with E-state index in [1.807, 2.05) is 0 Å². The van der Waals surface area contributed by atoms with Gasteiger partial charge in [0, 0.05) is 28.2 Å². The van der Waals surface area contributed by atoms with Crippen molar-refractivity contribution in [2.24, 2.45) is 11.5 Å². The number of carbonyl (C=O) groups is 3. The molecule has 4 rings (SSSR count). The minimum Gasteiger partial charge on any atom is -0.478 e. The Morgan fingerprint density at radius 3 is 1.06 bits per heavy atom. The molecule has 0 bridgehead atoms. The fourth-order valence-electron chi connectivity index (χ4n) is 3.06. The van der Waals surface area contributed by atoms with Crippen molar-refractivity contribution < 1.29 is 19.5 Å². The average Bonchev–Trinajstić information content (AvgIpc) is 2.85. The third-order valence-electron chi connectivity index (χ3n) is 4.87. The number of primary amides is 2. The van der Waals surface area contributed by atoms with Crippen molar-refractivity contribution in [3.8, 4) is 0 Å². The van der Waals surface area contributed by atoms with Gasteiger partial charge in [-0.25, -0.2) is 4.79 Å². The smallest absolute Gasteiger partial charge is 0.335 e. The van der Waals surface area contributed by atoms with Crippen LogP contribution in [0.15, 0.2) is 72.8 Å². The number of carbonyl (C=O) groups excluding carboxylic acids is 2. The first-order valence-electron chi connectivity index (χ1n) is 10.5. The molecule has 0 saturated heterocycles. The molecular weight excluding hydrogens is 464 g/mol. The number of aromatic nitrogens is 3. The van der Waals surface area contributed by atoms with Crippen LogP contribution in [0.4, 0.5) is 34.9 Å². The number of anilines is 6. The van der Waals surface area contributed by atoms with Gasteiger partial charge in [0.15, 0.2) is 0 Å². The molecule has 0 radical (unpaired) electrons. The van der Waals surface area contributed by atoms with Gasteiger partial charge in [0.05, 0.1) is 5.56 Å². The fraction of sp³-hybridized carbons (Fsp3) is 0. The van der Waals surface area contributed by atoms with Crippen LogP contribution in [0, 0.1) is 0 Å². The van der Waals surface area contributed by atoms with Gasteiger partial charge in [-0.15, -0.1) is 0 Å². The normalized spacial score (nSPS) is 10.3. The Bertz CT molecular complexity index is 1240. The van der Waals surface area contributed by atoms with Gasteiger partial charge in [-0.1, -0.05) is 0 Å². The highest BCUT2D eigenvalue weighted by atomic mass is 16.4. The van der Waals surface area contributed by atoms with Gasteiger partial charge in [-0.3, -0.25) is 9.59 Å². The van der Waals surface area contributed by atoms with Crippen molar-refractivity contribution in [1.29, 1.82) is 0 Å². The van der Waals surface area contributed by atoms with E-state index in [2.05, 4.69) is 30.9 Å². The second kappa shape index (κ2) is 10.2. The number of aromatic carboxylic acids is 1. The fourth-order valence-corrected chi connectivity index (χ4v) is 3.06. The van der Waals surface area contributed by atoms with Crippen LogP contribution in [0.3, 0.4) is 0 Å². The number of nitrogens with two attached hydrogens (primary N) is 2. The Morgan fingerprint density at radius 1 is 0.528 bits per heavy atom. The van der Waals surface area contributed by atoms with E-state index in [0.717, 1.165) is 0 Å². The molecule has 0 aliphatic carbocycles. The van der Waals surface area contributed by atoms with Crippen molar-refractivity contribution in [3.05, 3.63) is 89.5 Å². The summed E-state index contributed by atoms with van der Waals surface area (Å²) in [6.45, 7) is 0. The van der Waals surface area contributed by atoms with Crippen LogP contribution in [0.5, 0.6) is 0 Å². The quantitative estimate of drug-likeness (QED) is 0.205. The SMILES string of the molecule is NC(=O)c1ccc(Nc2nc(Nc3ccc(C(N)=O)cc3)nc(Nc3ccc(C(=O)O)cc3)n2)cc1. The summed E-state index contributed by atoms with van der Waals surface area (Å²) in [4.78, 5) is 46.8. The maximum Gasteiger partial charge on any atom is 0.335 e. The van der Waals surface area contributed by atoms with Crippen molar-refractivity contribution >= 4 is 52.7 Å². The van der Waals surface area contributed by atoms with E-state index in [1.165, 1.54) is 12.1 Å². The van der Waals surface area contributed by atoms with Crippen LogP contribution >= 0.6 is 0 Å². The summed E-state index contributed by atoms with van der Waals surface area (Å²) >= 11 is 0. The largest absolute Gasteiger partial charge is 0.478 e. The number of nitrogens with zero attached hydrogens (tertiary/aromatic N) is 3. The van der Waals surface area contributed by atoms with Crippen LogP contribution in [-0.4, -0.2) is 37.8 Å². The highest BCUT2D eigenvalue weighted by Gasteiger charge is 2.10. The zero-order valence-corrected chi connectivity index (χ0v) is 18.6. The number of hydrogen-bond donors (Lipinski definition) is 6. The Kier molecular flexibility index (Phi) is 6.68. The summed E-state index contributed by atoms with van der Waals surface area (Å²) in [5, 5.41) is 18.2. The molecule has 8 N–H and O–H groups in total. The van der Waals surface area contributed by atoms with Crippen LogP contribution in [0.1, 0.15) is 31.1 Å². The molecule has 1 aromatic heterocycles. The summed E-state index contributed by atoms with van der Waals surface area (Å²) in [5.41, 5.74) is 13.2. The molecule has 0 atom stereocenters. The molecular formula is C24H20N8O4. The summed E-state index contributed by atoms with van der Waals surface area (Å²) < 4.78 is 0. The monoisotopic (exact) mass is 484 g/mol. The first kappa shape index (κ1) is 23.6. The van der Waals surface area contributed by atoms with E-state index in [-0.39, 0.29) is 23.4 Å². The van der Waals surface area contributed by atoms with E-state index in [9.17, 15) is 14.4 Å². The lowest BCUT2D eigenvalue weighted by molar-refractivity contribution is 0.0696. The average molecular weight is 484 g/mol. The highest BCUT2D eigenvalue weighted by Crippen LogP contribution is 2.22. The third kappa shape index (κ3) is 5.88. The van der Waals surface area contributed by atoms with Crippen LogP contribution in [0.25, 0.3) is 0 Å². The zero-order valence-electron chi connectivity index (χ0n) is 18.6. The number of carboxylic acid groups (broad SMARTS) is 1. The Balaban J connectivity index is 1.62. The summed E-state index contributed by atoms with van der Waals surface area (Å²) in [6, 6.07) is 18.9. The molecule has 12 heteroatoms. The second-order valence-corrected chi connectivity index (χ2v) is 7.45. The predicted octanol–water partition coefficient (Wildman–Crippen LogP) is 3.00. The maximum absolute atomic E-state index is 11.3. The number of benzene rings is 3. The second-order valence-electron chi connectivity index (χ2n) is 7.45. The van der Waals surface area contributed by atoms with Crippen molar-refractivity contribution in [2.75, 3.05) is 16.0 Å². The lowest BCUT2D eigenvalue weighted by Crippen LogP contribution is -2.11. The lowest BCUT2D eigenvalue weighted by Gasteiger charge is -2.12. The van der Waals surface area contributed by atoms with Gasteiger partial charge in [0.2, 0.25) is 29.7 Å². The molecule has 2 amide bonds. The van der Waals surface area contributed by atoms with Crippen molar-refractivity contribution in [2.45, 2.75) is 0 Å². The third-order valence-corrected chi connectivity index (χ3v) is 4.87. The minimum absolute atomic E-state index is 0.139. The van der Waals surface area contributed by atoms with E-state index in [1.54, 1.807) is 60.7 Å². The van der Waals surface area contributed by atoms with E-state index in [4.69, 9.17) is 16.6 Å². The predicted molar refractivity (Wildman–Crippen MR) is 133 cm³/mol. The first-order chi connectivity index (χ1) is 17.3. The minimum atomic E-state index is -1.04. The summed E-state index contributed by atoms with van der Waals surface area (Å²) in [7, 11) is 0. The Labute approximate surface area is 204 Å². The molecule has 0 unspecified atom stereocenters. The van der Waals surface area contributed by atoms with E-state index >= 15 is 0 Å². The Morgan fingerprint density at radius 2 is 0.806 bits per heavy atom. The zero-order chi connectivity index (χ0) is 25.7. The molecule has 0 spiro atoms. The lowest BCUT2D eigenvalue weighted by atomic mass is 10.2. The van der Waals surface area contributed by atoms with Crippen LogP contribution < -0.4 is 27.4 Å². The van der Waals surface area contributed by atoms with Gasteiger partial charge in [0.1, 0.15) is 0 Å². The molecule has 12 nitrogen and oxygen atoms in total. The number of nitrogens with one attached hydrogen (secondary N) is 3. The maximum atomic E-state index is 11.3. The molecule has 0 fully saturated rings. The van der Waals surface area contributed by atoms with Crippen LogP contribution in [0.2, 0.25) is 0 Å². The molecule has 3 aromatic carbocycles. The molecule has 0 aliphatic rings. The molecule has 4 aromatic rings. The summed E-state index contributed by atoms with van der Waals surface area (Å²) in [5.74, 6) is -1.60. The highest BCUT2D eigenvalue weighted by molar-refractivity contribution is 5.93. The molecule has 0 aliphatic heterocycles. The molecule has 0 saturated carbocycles. The van der Waals surface area contributed by atoms with Gasteiger partial charge >= 0.3 is 5.97 Å². The summed E-state index contributed by atoms with van der Waals surface area (Å²) in [6.07, 6.45) is 0. The topological polar surface area (TPSA) is 198 Å². The van der Waals surface area contributed by atoms with Gasteiger partial charge in [-0.2, -0.15) is 15.0 Å². The number of hydrogen-bond acceptors (Lipinski definition) is 9. The van der Waals surface area contributed by atoms with Crippen molar-refractivity contribution in [3.63, 3.8) is 0 Å². The van der Waals surface area contributed by atoms with Crippen molar-refractivity contribution in [1.82, 2.24) is 15.0 Å². The van der Waals surface area contributed by atoms with Crippen LogP contribution in [-0.2, 0) is 0 Å². The Hall–Kier alpha value is -5.52. The number of amides is 2. The molecule has 1 heterocycles. The first-order valence-corrected chi connectivity index (χ1v) is 10.5. The van der Waals surface area contributed by atoms with Gasteiger partial charge < -0.3 is 32.5 Å². The number of carboxylic acids is 1. The van der Waals surface area contributed by atoms with Gasteiger partial charge in [0.25, 0.3) is 0 Å². The standard InChI is InChI=1S/C24H20N8O4/c25-19(33)13-1-7-16(8-2-13)27-22-30-23(28-17-9-3-14(4-10-17)20(26)34)32-24(31-22)29-18-11-5-15(6-12-18)21(35)36/h1-12H,(H2,25,33)(H2,26,34)(H,35,36)(H3,27,28,29,30,31,32). The van der Waals surface area contributed by atoms with E-state index < -0.39 is 17.8 Å². The number of rotatable bonds is 9.